The van der Waals surface area contributed by atoms with Crippen molar-refractivity contribution in [3.63, 3.8) is 0 Å². The third-order valence-electron chi connectivity index (χ3n) is 5.58. The van der Waals surface area contributed by atoms with Crippen LogP contribution in [0.4, 0.5) is 0 Å². The topological polar surface area (TPSA) is 108 Å². The van der Waals surface area contributed by atoms with Crippen molar-refractivity contribution in [2.75, 3.05) is 13.1 Å². The first kappa shape index (κ1) is 18.6. The first-order valence-electron chi connectivity index (χ1n) is 9.56. The van der Waals surface area contributed by atoms with Gasteiger partial charge in [0, 0.05) is 42.5 Å². The van der Waals surface area contributed by atoms with Crippen LogP contribution in [0, 0.1) is 6.92 Å². The highest BCUT2D eigenvalue weighted by atomic mass is 16.3. The molecule has 4 N–H and O–H groups in total. The Morgan fingerprint density at radius 1 is 1.32 bits per heavy atom. The molecule has 0 radical (unpaired) electrons. The monoisotopic (exact) mass is 379 g/mol. The molecule has 1 aromatic carbocycles. The quantitative estimate of drug-likeness (QED) is 0.639. The number of carbonyl (C=O) groups is 1. The van der Waals surface area contributed by atoms with E-state index in [1.54, 1.807) is 17.4 Å². The van der Waals surface area contributed by atoms with E-state index in [1.165, 1.54) is 0 Å². The van der Waals surface area contributed by atoms with Crippen molar-refractivity contribution in [2.24, 2.45) is 5.73 Å². The third kappa shape index (κ3) is 3.63. The van der Waals surface area contributed by atoms with Gasteiger partial charge in [0.2, 0.25) is 5.91 Å². The van der Waals surface area contributed by atoms with Crippen molar-refractivity contribution in [3.05, 3.63) is 59.8 Å². The van der Waals surface area contributed by atoms with E-state index in [1.807, 2.05) is 37.3 Å². The molecule has 0 aliphatic carbocycles. The molecular formula is C21H25N5O2. The number of imidazole rings is 1. The van der Waals surface area contributed by atoms with Crippen LogP contribution >= 0.6 is 0 Å². The number of pyridine rings is 1. The second-order valence-corrected chi connectivity index (χ2v) is 7.60. The molecule has 1 fully saturated rings. The predicted octanol–water partition coefficient (Wildman–Crippen LogP) is 1.65. The largest absolute Gasteiger partial charge is 0.385 e. The lowest BCUT2D eigenvalue weighted by atomic mass is 9.83. The van der Waals surface area contributed by atoms with E-state index in [9.17, 15) is 9.90 Å². The lowest BCUT2D eigenvalue weighted by Crippen LogP contribution is -2.51. The standard InChI is InChI=1S/C21H25N5O2/c1-14-2-3-15-10-16(4-5-19(15)25-14)21(28)6-8-26(9-7-21)20(27)18(22)11-17-12-23-13-24-17/h2-5,10,12-13,18,28H,6-9,11,22H2,1H3,(H,23,24)/t18-/m0/s1. The molecule has 3 heterocycles. The minimum absolute atomic E-state index is 0.0881. The van der Waals surface area contributed by atoms with Gasteiger partial charge in [0.25, 0.3) is 0 Å². The van der Waals surface area contributed by atoms with Gasteiger partial charge in [-0.1, -0.05) is 12.1 Å². The lowest BCUT2D eigenvalue weighted by molar-refractivity contribution is -0.137. The summed E-state index contributed by atoms with van der Waals surface area (Å²) < 4.78 is 0. The van der Waals surface area contributed by atoms with Gasteiger partial charge in [-0.15, -0.1) is 0 Å². The summed E-state index contributed by atoms with van der Waals surface area (Å²) in [7, 11) is 0. The van der Waals surface area contributed by atoms with Gasteiger partial charge in [0.15, 0.2) is 0 Å². The number of hydrogen-bond acceptors (Lipinski definition) is 5. The maximum atomic E-state index is 12.7. The maximum Gasteiger partial charge on any atom is 0.239 e. The number of nitrogens with zero attached hydrogens (tertiary/aromatic N) is 3. The number of aromatic amines is 1. The highest BCUT2D eigenvalue weighted by Crippen LogP contribution is 2.34. The number of fused-ring (bicyclic) bond motifs is 1. The fourth-order valence-electron chi connectivity index (χ4n) is 3.86. The average Bonchev–Trinajstić information content (AvgIpc) is 3.20. The fourth-order valence-corrected chi connectivity index (χ4v) is 3.86. The summed E-state index contributed by atoms with van der Waals surface area (Å²) >= 11 is 0. The molecule has 146 valence electrons. The van der Waals surface area contributed by atoms with Gasteiger partial charge < -0.3 is 20.7 Å². The number of carbonyl (C=O) groups excluding carboxylic acids is 1. The molecule has 1 aliphatic heterocycles. The van der Waals surface area contributed by atoms with Crippen LogP contribution in [-0.4, -0.2) is 50.0 Å². The Morgan fingerprint density at radius 3 is 2.82 bits per heavy atom. The first-order chi connectivity index (χ1) is 13.4. The number of benzene rings is 1. The van der Waals surface area contributed by atoms with Crippen LogP contribution in [0.5, 0.6) is 0 Å². The highest BCUT2D eigenvalue weighted by molar-refractivity contribution is 5.82. The van der Waals surface area contributed by atoms with Gasteiger partial charge in [0.1, 0.15) is 0 Å². The number of hydrogen-bond donors (Lipinski definition) is 3. The van der Waals surface area contributed by atoms with E-state index >= 15 is 0 Å². The zero-order chi connectivity index (χ0) is 19.7. The van der Waals surface area contributed by atoms with Gasteiger partial charge in [-0.25, -0.2) is 4.98 Å². The molecule has 2 aromatic heterocycles. The number of nitrogens with two attached hydrogens (primary N) is 1. The normalized spacial score (nSPS) is 17.6. The molecule has 7 heteroatoms. The number of aromatic nitrogens is 3. The number of rotatable bonds is 4. The van der Waals surface area contributed by atoms with E-state index in [4.69, 9.17) is 5.73 Å². The Labute approximate surface area is 163 Å². The second kappa shape index (κ2) is 7.33. The minimum atomic E-state index is -0.941. The molecule has 4 rings (SSSR count). The summed E-state index contributed by atoms with van der Waals surface area (Å²) in [4.78, 5) is 25.8. The van der Waals surface area contributed by atoms with E-state index in [0.29, 0.717) is 32.4 Å². The summed E-state index contributed by atoms with van der Waals surface area (Å²) in [6.07, 6.45) is 4.66. The van der Waals surface area contributed by atoms with E-state index in [2.05, 4.69) is 15.0 Å². The molecule has 28 heavy (non-hydrogen) atoms. The van der Waals surface area contributed by atoms with Crippen molar-refractivity contribution in [1.82, 2.24) is 19.9 Å². The summed E-state index contributed by atoms with van der Waals surface area (Å²) in [5.74, 6) is -0.0881. The molecule has 0 spiro atoms. The van der Waals surface area contributed by atoms with Gasteiger partial charge in [-0.05, 0) is 43.5 Å². The van der Waals surface area contributed by atoms with E-state index in [-0.39, 0.29) is 5.91 Å². The average molecular weight is 379 g/mol. The summed E-state index contributed by atoms with van der Waals surface area (Å²) in [5, 5.41) is 12.2. The number of H-pyrrole nitrogens is 1. The van der Waals surface area contributed by atoms with Crippen LogP contribution in [0.1, 0.15) is 29.8 Å². The number of likely N-dealkylation sites (tertiary alicyclic amines) is 1. The van der Waals surface area contributed by atoms with Gasteiger partial charge >= 0.3 is 0 Å². The smallest absolute Gasteiger partial charge is 0.239 e. The molecule has 1 amide bonds. The van der Waals surface area contributed by atoms with Gasteiger partial charge in [-0.2, -0.15) is 0 Å². The number of aryl methyl sites for hydroxylation is 1. The van der Waals surface area contributed by atoms with Crippen LogP contribution in [0.2, 0.25) is 0 Å². The summed E-state index contributed by atoms with van der Waals surface area (Å²) in [6, 6.07) is 9.28. The Hall–Kier alpha value is -2.77. The number of nitrogens with one attached hydrogen (secondary N) is 1. The zero-order valence-electron chi connectivity index (χ0n) is 15.9. The number of amides is 1. The van der Waals surface area contributed by atoms with Gasteiger partial charge in [-0.3, -0.25) is 9.78 Å². The van der Waals surface area contributed by atoms with Crippen molar-refractivity contribution in [3.8, 4) is 0 Å². The van der Waals surface area contributed by atoms with Crippen molar-refractivity contribution >= 4 is 16.8 Å². The zero-order valence-corrected chi connectivity index (χ0v) is 15.9. The van der Waals surface area contributed by atoms with E-state index in [0.717, 1.165) is 27.9 Å². The minimum Gasteiger partial charge on any atom is -0.385 e. The summed E-state index contributed by atoms with van der Waals surface area (Å²) in [5.41, 5.74) is 8.75. The molecule has 3 aromatic rings. The molecule has 0 unspecified atom stereocenters. The number of piperidine rings is 1. The Kier molecular flexibility index (Phi) is 4.87. The third-order valence-corrected chi connectivity index (χ3v) is 5.58. The van der Waals surface area contributed by atoms with Crippen LogP contribution in [0.25, 0.3) is 10.9 Å². The molecule has 1 saturated heterocycles. The molecular weight excluding hydrogens is 354 g/mol. The Morgan fingerprint density at radius 2 is 2.11 bits per heavy atom. The Balaban J connectivity index is 1.43. The molecule has 0 bridgehead atoms. The van der Waals surface area contributed by atoms with Crippen molar-refractivity contribution in [1.29, 1.82) is 0 Å². The molecule has 7 nitrogen and oxygen atoms in total. The van der Waals surface area contributed by atoms with Crippen LogP contribution in [0.3, 0.4) is 0 Å². The van der Waals surface area contributed by atoms with E-state index < -0.39 is 11.6 Å². The van der Waals surface area contributed by atoms with Crippen molar-refractivity contribution < 1.29 is 9.90 Å². The second-order valence-electron chi connectivity index (χ2n) is 7.60. The van der Waals surface area contributed by atoms with Crippen molar-refractivity contribution in [2.45, 2.75) is 37.8 Å². The first-order valence-corrected chi connectivity index (χ1v) is 9.56. The molecule has 1 atom stereocenters. The SMILES string of the molecule is Cc1ccc2cc(C3(O)CCN(C(=O)[C@@H](N)Cc4cnc[nH]4)CC3)ccc2n1. The highest BCUT2D eigenvalue weighted by Gasteiger charge is 2.36. The van der Waals surface area contributed by atoms with Crippen LogP contribution in [0.15, 0.2) is 42.9 Å². The molecule has 1 aliphatic rings. The maximum absolute atomic E-state index is 12.7. The predicted molar refractivity (Wildman–Crippen MR) is 106 cm³/mol. The Bertz CT molecular complexity index is 978. The summed E-state index contributed by atoms with van der Waals surface area (Å²) in [6.45, 7) is 2.93. The lowest BCUT2D eigenvalue weighted by Gasteiger charge is -2.39. The molecule has 0 saturated carbocycles. The van der Waals surface area contributed by atoms with Crippen LogP contribution < -0.4 is 5.73 Å². The fraction of sp³-hybridized carbons (Fsp3) is 0.381. The van der Waals surface area contributed by atoms with Crippen LogP contribution in [-0.2, 0) is 16.8 Å². The van der Waals surface area contributed by atoms with Gasteiger partial charge in [0.05, 0.1) is 23.5 Å². The number of aliphatic hydroxyl groups is 1.